The first-order chi connectivity index (χ1) is 6.63. The zero-order valence-corrected chi connectivity index (χ0v) is 9.29. The average Bonchev–Trinajstić information content (AvgIpc) is 2.17. The summed E-state index contributed by atoms with van der Waals surface area (Å²) >= 11 is 0. The summed E-state index contributed by atoms with van der Waals surface area (Å²) in [4.78, 5) is 10.5. The lowest BCUT2D eigenvalue weighted by Gasteiger charge is -2.05. The first-order valence-electron chi connectivity index (χ1n) is 4.87. The van der Waals surface area contributed by atoms with Crippen molar-refractivity contribution in [3.63, 3.8) is 0 Å². The number of rotatable bonds is 4. The third-order valence-corrected chi connectivity index (χ3v) is 2.11. The Hall–Kier alpha value is -1.41. The molecule has 15 heavy (non-hydrogen) atoms. The van der Waals surface area contributed by atoms with Crippen molar-refractivity contribution < 1.29 is 10.3 Å². The molecule has 0 aliphatic rings. The van der Waals surface area contributed by atoms with Crippen molar-refractivity contribution in [2.45, 2.75) is 20.3 Å². The molecular weight excluding hydrogens is 188 g/mol. The molecule has 0 spiro atoms. The van der Waals surface area contributed by atoms with Gasteiger partial charge in [0.2, 0.25) is 0 Å². The lowest BCUT2D eigenvalue weighted by atomic mass is 10.00. The Kier molecular flexibility index (Phi) is 5.57. The molecule has 1 rings (SSSR count). The maximum absolute atomic E-state index is 10.5. The summed E-state index contributed by atoms with van der Waals surface area (Å²) in [6.45, 7) is 8.05. The highest BCUT2D eigenvalue weighted by molar-refractivity contribution is 6.05. The molecule has 0 unspecified atom stereocenters. The molecule has 2 nitrogen and oxygen atoms in total. The van der Waals surface area contributed by atoms with Gasteiger partial charge >= 0.3 is 0 Å². The second kappa shape index (κ2) is 6.14. The number of aldehydes is 1. The standard InChI is InChI=1S/C13H16O.H2O/c1-10(2)8-12-4-6-13(7-5-12)11(3)9-14;/h4-7,9-10H,3,8H2,1-2H3;1H2. The molecule has 1 aromatic carbocycles. The fourth-order valence-electron chi connectivity index (χ4n) is 1.39. The maximum atomic E-state index is 10.5. The summed E-state index contributed by atoms with van der Waals surface area (Å²) in [5, 5.41) is 0. The van der Waals surface area contributed by atoms with E-state index in [2.05, 4.69) is 32.6 Å². The van der Waals surface area contributed by atoms with Gasteiger partial charge in [0.05, 0.1) is 0 Å². The zero-order chi connectivity index (χ0) is 10.6. The van der Waals surface area contributed by atoms with Crippen molar-refractivity contribution in [1.82, 2.24) is 0 Å². The van der Waals surface area contributed by atoms with E-state index in [0.29, 0.717) is 11.5 Å². The molecule has 0 saturated heterocycles. The molecule has 0 aliphatic carbocycles. The van der Waals surface area contributed by atoms with E-state index in [1.165, 1.54) is 5.56 Å². The van der Waals surface area contributed by atoms with Crippen LogP contribution in [-0.2, 0) is 11.2 Å². The van der Waals surface area contributed by atoms with E-state index in [1.54, 1.807) is 0 Å². The van der Waals surface area contributed by atoms with Gasteiger partial charge < -0.3 is 5.48 Å². The van der Waals surface area contributed by atoms with E-state index in [9.17, 15) is 4.79 Å². The molecule has 0 atom stereocenters. The highest BCUT2D eigenvalue weighted by atomic mass is 16.1. The van der Waals surface area contributed by atoms with Crippen LogP contribution in [0.25, 0.3) is 5.57 Å². The van der Waals surface area contributed by atoms with Crippen LogP contribution < -0.4 is 0 Å². The topological polar surface area (TPSA) is 48.6 Å². The molecule has 0 fully saturated rings. The van der Waals surface area contributed by atoms with Gasteiger partial charge in [0, 0.05) is 5.57 Å². The van der Waals surface area contributed by atoms with Crippen LogP contribution in [0.2, 0.25) is 0 Å². The predicted molar refractivity (Wildman–Crippen MR) is 63.7 cm³/mol. The molecule has 0 amide bonds. The van der Waals surface area contributed by atoms with Crippen LogP contribution in [0, 0.1) is 5.92 Å². The van der Waals surface area contributed by atoms with Gasteiger partial charge in [-0.1, -0.05) is 44.7 Å². The minimum Gasteiger partial charge on any atom is -0.412 e. The van der Waals surface area contributed by atoms with Crippen LogP contribution in [0.15, 0.2) is 30.8 Å². The molecule has 0 aliphatic heterocycles. The smallest absolute Gasteiger partial charge is 0.150 e. The van der Waals surface area contributed by atoms with Gasteiger partial charge in [0.1, 0.15) is 6.29 Å². The maximum Gasteiger partial charge on any atom is 0.150 e. The molecule has 0 heterocycles. The lowest BCUT2D eigenvalue weighted by Crippen LogP contribution is -1.94. The summed E-state index contributed by atoms with van der Waals surface area (Å²) in [5.41, 5.74) is 2.76. The van der Waals surface area contributed by atoms with E-state index < -0.39 is 0 Å². The van der Waals surface area contributed by atoms with Gasteiger partial charge in [-0.2, -0.15) is 0 Å². The van der Waals surface area contributed by atoms with Crippen LogP contribution in [0.5, 0.6) is 0 Å². The Bertz CT molecular complexity index is 323. The number of allylic oxidation sites excluding steroid dienone is 1. The molecule has 82 valence electrons. The van der Waals surface area contributed by atoms with Crippen molar-refractivity contribution in [2.24, 2.45) is 5.92 Å². The van der Waals surface area contributed by atoms with Gasteiger partial charge in [0.25, 0.3) is 0 Å². The molecule has 2 N–H and O–H groups in total. The van der Waals surface area contributed by atoms with Crippen molar-refractivity contribution >= 4 is 11.9 Å². The Balaban J connectivity index is 0.00000196. The Morgan fingerprint density at radius 2 is 1.87 bits per heavy atom. The lowest BCUT2D eigenvalue weighted by molar-refractivity contribution is -0.103. The SMILES string of the molecule is C=C(C=O)c1ccc(CC(C)C)cc1.O. The molecule has 0 bridgehead atoms. The number of hydrogen-bond acceptors (Lipinski definition) is 1. The number of carbonyl (C=O) groups excluding carboxylic acids is 1. The monoisotopic (exact) mass is 206 g/mol. The van der Waals surface area contributed by atoms with E-state index in [-0.39, 0.29) is 5.48 Å². The fraction of sp³-hybridized carbons (Fsp3) is 0.308. The second-order valence-electron chi connectivity index (χ2n) is 3.94. The molecule has 0 radical (unpaired) electrons. The van der Waals surface area contributed by atoms with Crippen LogP contribution >= 0.6 is 0 Å². The molecule has 2 heteroatoms. The van der Waals surface area contributed by atoms with Crippen LogP contribution in [-0.4, -0.2) is 11.8 Å². The third-order valence-electron chi connectivity index (χ3n) is 2.11. The average molecular weight is 206 g/mol. The minimum atomic E-state index is 0. The minimum absolute atomic E-state index is 0. The highest BCUT2D eigenvalue weighted by Gasteiger charge is 1.99. The number of hydrogen-bond donors (Lipinski definition) is 0. The highest BCUT2D eigenvalue weighted by Crippen LogP contribution is 2.13. The largest absolute Gasteiger partial charge is 0.412 e. The molecule has 0 aromatic heterocycles. The molecular formula is C13H18O2. The Labute approximate surface area is 90.9 Å². The molecule has 1 aromatic rings. The first-order valence-corrected chi connectivity index (χ1v) is 4.87. The third kappa shape index (κ3) is 4.09. The predicted octanol–water partition coefficient (Wildman–Crippen LogP) is 2.27. The summed E-state index contributed by atoms with van der Waals surface area (Å²) in [5.74, 6) is 0.662. The van der Waals surface area contributed by atoms with Crippen molar-refractivity contribution in [3.05, 3.63) is 42.0 Å². The van der Waals surface area contributed by atoms with Crippen LogP contribution in [0.1, 0.15) is 25.0 Å². The summed E-state index contributed by atoms with van der Waals surface area (Å²) in [6, 6.07) is 8.02. The van der Waals surface area contributed by atoms with Crippen LogP contribution in [0.3, 0.4) is 0 Å². The normalized spacial score (nSPS) is 9.53. The van der Waals surface area contributed by atoms with Gasteiger partial charge in [0.15, 0.2) is 0 Å². The van der Waals surface area contributed by atoms with Crippen molar-refractivity contribution in [2.75, 3.05) is 0 Å². The molecule has 0 saturated carbocycles. The van der Waals surface area contributed by atoms with Gasteiger partial charge in [-0.15, -0.1) is 0 Å². The van der Waals surface area contributed by atoms with Gasteiger partial charge in [-0.3, -0.25) is 4.79 Å². The Morgan fingerprint density at radius 3 is 2.27 bits per heavy atom. The van der Waals surface area contributed by atoms with Gasteiger partial charge in [-0.05, 0) is 23.5 Å². The Morgan fingerprint density at radius 1 is 1.33 bits per heavy atom. The zero-order valence-electron chi connectivity index (χ0n) is 9.29. The van der Waals surface area contributed by atoms with Crippen LogP contribution in [0.4, 0.5) is 0 Å². The number of carbonyl (C=O) groups is 1. The van der Waals surface area contributed by atoms with Gasteiger partial charge in [-0.25, -0.2) is 0 Å². The van der Waals surface area contributed by atoms with Crippen molar-refractivity contribution in [3.8, 4) is 0 Å². The first kappa shape index (κ1) is 13.6. The van der Waals surface area contributed by atoms with E-state index in [1.807, 2.05) is 12.1 Å². The van der Waals surface area contributed by atoms with E-state index in [0.717, 1.165) is 18.3 Å². The quantitative estimate of drug-likeness (QED) is 0.550. The summed E-state index contributed by atoms with van der Waals surface area (Å²) < 4.78 is 0. The van der Waals surface area contributed by atoms with Crippen molar-refractivity contribution in [1.29, 1.82) is 0 Å². The summed E-state index contributed by atoms with van der Waals surface area (Å²) in [7, 11) is 0. The number of benzene rings is 1. The van der Waals surface area contributed by atoms with E-state index >= 15 is 0 Å². The van der Waals surface area contributed by atoms with E-state index in [4.69, 9.17) is 0 Å². The summed E-state index contributed by atoms with van der Waals surface area (Å²) in [6.07, 6.45) is 1.87. The second-order valence-corrected chi connectivity index (χ2v) is 3.94. The fourth-order valence-corrected chi connectivity index (χ4v) is 1.39.